The normalized spacial score (nSPS) is 15.1. The summed E-state index contributed by atoms with van der Waals surface area (Å²) in [4.78, 5) is 5.30. The van der Waals surface area contributed by atoms with Crippen molar-refractivity contribution in [2.24, 2.45) is 0 Å². The molecule has 0 bridgehead atoms. The molecule has 19 rings (SSSR count). The highest BCUT2D eigenvalue weighted by Crippen LogP contribution is 2.55. The van der Waals surface area contributed by atoms with E-state index in [0.29, 0.717) is 0 Å². The van der Waals surface area contributed by atoms with Gasteiger partial charge in [0.2, 0.25) is 0 Å². The zero-order chi connectivity index (χ0) is 67.6. The molecule has 100 heavy (non-hydrogen) atoms. The van der Waals surface area contributed by atoms with Gasteiger partial charge in [0.1, 0.15) is 0 Å². The fraction of sp³-hybridized carbons (Fsp3) is 0.104. The predicted molar refractivity (Wildman–Crippen MR) is 430 cm³/mol. The van der Waals surface area contributed by atoms with Crippen LogP contribution >= 0.6 is 0 Å². The van der Waals surface area contributed by atoms with Crippen LogP contribution in [-0.4, -0.2) is 16.1 Å². The molecule has 0 unspecified atom stereocenters. The Labute approximate surface area is 589 Å². The van der Waals surface area contributed by atoms with Gasteiger partial charge >= 0.3 is 0 Å². The molecule has 0 aromatic heterocycles. The third kappa shape index (κ3) is 8.47. The SMILES string of the molecule is Cc1ccc([Si]2(c3ccc(C)cc3)c3ccccc3N(c3ccc4c(-c5ccccc5)c5cc(N6c7ccccc7[Si](c7ccc(C)cc7)(c7ccc(C)cc7)c7cc8c(cc76)C(C)(C)c6ccccc6-8)ccc5c(-c5ccccc5)c4c3)c3cc4c(cc32)-c2ccccc2C4(C)C)cc1. The van der Waals surface area contributed by atoms with Crippen LogP contribution in [0, 0.1) is 27.7 Å². The lowest BCUT2D eigenvalue weighted by molar-refractivity contribution is 0.660. The van der Waals surface area contributed by atoms with Crippen LogP contribution in [0.3, 0.4) is 0 Å². The van der Waals surface area contributed by atoms with Crippen molar-refractivity contribution >= 4 is 113 Å². The number of nitrogens with zero attached hydrogens (tertiary/aromatic N) is 2. The molecule has 0 atom stereocenters. The minimum Gasteiger partial charge on any atom is -0.311 e. The standard InChI is InChI=1S/C96H76N2Si2/c1-61-35-45-69(46-36-61)99(70-47-37-62(2)38-48-70)89-33-21-19-31-85(89)97(87-59-83-77(57-91(87)99)73-27-15-17-29-81(73)95(83,5)6)67-43-53-75-79(55-67)93(65-23-11-9-12-24-65)76-54-44-68(56-80(76)94(75)66-25-13-10-14-26-66)98-86-32-20-22-34-90(86)100(71-49-39-63(3)40-50-71,72-51-41-64(4)42-52-72)92-58-78-74-28-16-18-30-82(74)96(7,8)84(78)60-88(92)98/h9-60H,1-8H3. The summed E-state index contributed by atoms with van der Waals surface area (Å²) in [6, 6.07) is 123. The summed E-state index contributed by atoms with van der Waals surface area (Å²) in [5, 5.41) is 16.0. The van der Waals surface area contributed by atoms with E-state index in [4.69, 9.17) is 0 Å². The maximum atomic E-state index is 2.65. The second kappa shape index (κ2) is 22.2. The summed E-state index contributed by atoms with van der Waals surface area (Å²) in [5.41, 5.74) is 27.4. The second-order valence-corrected chi connectivity index (χ2v) is 37.2. The van der Waals surface area contributed by atoms with Crippen molar-refractivity contribution in [3.8, 4) is 44.5 Å². The van der Waals surface area contributed by atoms with Crippen molar-refractivity contribution in [1.82, 2.24) is 0 Å². The quantitative estimate of drug-likeness (QED) is 0.111. The number of benzene rings is 15. The first-order valence-corrected chi connectivity index (χ1v) is 39.5. The summed E-state index contributed by atoms with van der Waals surface area (Å²) in [5.74, 6) is 0. The summed E-state index contributed by atoms with van der Waals surface area (Å²) >= 11 is 0. The average molecular weight is 1310 g/mol. The van der Waals surface area contributed by atoms with Crippen molar-refractivity contribution in [3.05, 3.63) is 360 Å². The van der Waals surface area contributed by atoms with E-state index in [1.807, 2.05) is 0 Å². The summed E-state index contributed by atoms with van der Waals surface area (Å²) in [7, 11) is -6.19. The fourth-order valence-electron chi connectivity index (χ4n) is 18.6. The number of rotatable bonds is 8. The number of anilines is 6. The van der Waals surface area contributed by atoms with Crippen LogP contribution in [0.25, 0.3) is 66.1 Å². The van der Waals surface area contributed by atoms with Crippen molar-refractivity contribution < 1.29 is 0 Å². The first-order chi connectivity index (χ1) is 48.7. The molecule has 2 aliphatic carbocycles. The third-order valence-corrected chi connectivity index (χ3v) is 33.1. The lowest BCUT2D eigenvalue weighted by Gasteiger charge is -2.46. The minimum absolute atomic E-state index is 0.234. The van der Waals surface area contributed by atoms with Crippen LogP contribution in [0.15, 0.2) is 315 Å². The maximum absolute atomic E-state index is 3.10. The van der Waals surface area contributed by atoms with Gasteiger partial charge in [-0.25, -0.2) is 0 Å². The van der Waals surface area contributed by atoms with E-state index >= 15 is 0 Å². The maximum Gasteiger partial charge on any atom is 0.184 e. The molecule has 4 heteroatoms. The molecule has 2 aliphatic heterocycles. The summed E-state index contributed by atoms with van der Waals surface area (Å²) in [6.45, 7) is 18.6. The zero-order valence-electron chi connectivity index (χ0n) is 57.9. The smallest absolute Gasteiger partial charge is 0.184 e. The van der Waals surface area contributed by atoms with Gasteiger partial charge in [-0.05, 0) is 206 Å². The molecular weight excluding hydrogens is 1240 g/mol. The minimum atomic E-state index is -3.10. The van der Waals surface area contributed by atoms with Crippen molar-refractivity contribution in [1.29, 1.82) is 0 Å². The van der Waals surface area contributed by atoms with E-state index < -0.39 is 16.1 Å². The average Bonchev–Trinajstić information content (AvgIpc) is 1.11. The molecule has 0 radical (unpaired) electrons. The zero-order valence-corrected chi connectivity index (χ0v) is 59.9. The van der Waals surface area contributed by atoms with Crippen LogP contribution < -0.4 is 51.3 Å². The molecule has 0 spiro atoms. The molecular formula is C96H76N2Si2. The van der Waals surface area contributed by atoms with Gasteiger partial charge in [0.15, 0.2) is 16.1 Å². The fourth-order valence-corrected chi connectivity index (χ4v) is 28.7. The van der Waals surface area contributed by atoms with Crippen molar-refractivity contribution in [3.63, 3.8) is 0 Å². The van der Waals surface area contributed by atoms with Crippen molar-refractivity contribution in [2.45, 2.75) is 66.2 Å². The van der Waals surface area contributed by atoms with Gasteiger partial charge in [-0.2, -0.15) is 0 Å². The lowest BCUT2D eigenvalue weighted by atomic mass is 9.82. The van der Waals surface area contributed by atoms with Crippen LogP contribution in [0.4, 0.5) is 34.1 Å². The first-order valence-electron chi connectivity index (χ1n) is 35.5. The van der Waals surface area contributed by atoms with Gasteiger partial charge in [-0.15, -0.1) is 0 Å². The van der Waals surface area contributed by atoms with E-state index in [0.717, 1.165) is 11.4 Å². The van der Waals surface area contributed by atoms with E-state index in [1.54, 1.807) is 0 Å². The van der Waals surface area contributed by atoms with Crippen LogP contribution in [0.5, 0.6) is 0 Å². The van der Waals surface area contributed by atoms with Gasteiger partial charge in [-0.1, -0.05) is 317 Å². The van der Waals surface area contributed by atoms with E-state index in [9.17, 15) is 0 Å². The molecule has 0 saturated heterocycles. The molecule has 2 heterocycles. The number of aryl methyl sites for hydroxylation is 4. The number of hydrogen-bond donors (Lipinski definition) is 0. The molecule has 0 fully saturated rings. The Morgan fingerprint density at radius 1 is 0.240 bits per heavy atom. The van der Waals surface area contributed by atoms with Gasteiger partial charge in [0.05, 0.1) is 0 Å². The van der Waals surface area contributed by atoms with Crippen LogP contribution in [-0.2, 0) is 10.8 Å². The number of hydrogen-bond acceptors (Lipinski definition) is 2. The van der Waals surface area contributed by atoms with Gasteiger partial charge in [0.25, 0.3) is 0 Å². The van der Waals surface area contributed by atoms with Crippen LogP contribution in [0.2, 0.25) is 0 Å². The highest BCUT2D eigenvalue weighted by molar-refractivity contribution is 7.22. The Bertz CT molecular complexity index is 5410. The van der Waals surface area contributed by atoms with E-state index in [1.165, 1.54) is 175 Å². The lowest BCUT2D eigenvalue weighted by Crippen LogP contribution is -2.77. The molecule has 2 nitrogen and oxygen atoms in total. The highest BCUT2D eigenvalue weighted by Gasteiger charge is 2.53. The van der Waals surface area contributed by atoms with Gasteiger partial charge in [-0.3, -0.25) is 0 Å². The third-order valence-electron chi connectivity index (χ3n) is 23.5. The Morgan fingerprint density at radius 3 is 0.920 bits per heavy atom. The van der Waals surface area contributed by atoms with Crippen molar-refractivity contribution in [2.75, 3.05) is 9.80 Å². The molecule has 15 aromatic rings. The molecule has 15 aromatic carbocycles. The predicted octanol–water partition coefficient (Wildman–Crippen LogP) is 19.5. The first kappa shape index (κ1) is 60.1. The molecule has 0 saturated carbocycles. The molecule has 0 N–H and O–H groups in total. The Hall–Kier alpha value is -11.1. The highest BCUT2D eigenvalue weighted by atomic mass is 28.3. The summed E-state index contributed by atoms with van der Waals surface area (Å²) < 4.78 is 0. The van der Waals surface area contributed by atoms with E-state index in [2.05, 4.69) is 381 Å². The van der Waals surface area contributed by atoms with E-state index in [-0.39, 0.29) is 10.8 Å². The Morgan fingerprint density at radius 2 is 0.560 bits per heavy atom. The number of fused-ring (bicyclic) bond motifs is 12. The molecule has 0 amide bonds. The van der Waals surface area contributed by atoms with Gasteiger partial charge in [0, 0.05) is 45.0 Å². The largest absolute Gasteiger partial charge is 0.311 e. The molecule has 478 valence electrons. The van der Waals surface area contributed by atoms with Crippen LogP contribution in [0.1, 0.15) is 72.2 Å². The molecule has 4 aliphatic rings. The Kier molecular flexibility index (Phi) is 13.3. The summed E-state index contributed by atoms with van der Waals surface area (Å²) in [6.07, 6.45) is 0. The second-order valence-electron chi connectivity index (χ2n) is 29.8. The Balaban J connectivity index is 0.893. The topological polar surface area (TPSA) is 6.48 Å². The monoisotopic (exact) mass is 1310 g/mol. The van der Waals surface area contributed by atoms with Gasteiger partial charge < -0.3 is 9.80 Å². The number of para-hydroxylation sites is 2.